The Hall–Kier alpha value is -1.68. The summed E-state index contributed by atoms with van der Waals surface area (Å²) in [4.78, 5) is 0. The predicted molar refractivity (Wildman–Crippen MR) is 63.2 cm³/mol. The number of ether oxygens (including phenoxy) is 1. The van der Waals surface area contributed by atoms with Gasteiger partial charge in [-0.1, -0.05) is 36.4 Å². The van der Waals surface area contributed by atoms with Gasteiger partial charge in [0.25, 0.3) is 0 Å². The van der Waals surface area contributed by atoms with Crippen LogP contribution >= 0.6 is 0 Å². The molecule has 0 spiro atoms. The van der Waals surface area contributed by atoms with Crippen LogP contribution in [0.25, 0.3) is 10.8 Å². The number of rotatable bonds is 3. The second kappa shape index (κ2) is 4.67. The minimum absolute atomic E-state index is 0.174. The predicted octanol–water partition coefficient (Wildman–Crippen LogP) is 3.46. The molecule has 0 unspecified atom stereocenters. The first-order chi connectivity index (χ1) is 8.09. The van der Waals surface area contributed by atoms with Crippen LogP contribution in [0.4, 0.5) is 8.78 Å². The molecule has 0 saturated carbocycles. The van der Waals surface area contributed by atoms with Crippen LogP contribution in [0.15, 0.2) is 36.4 Å². The Labute approximate surface area is 98.0 Å². The van der Waals surface area contributed by atoms with E-state index in [4.69, 9.17) is 5.73 Å². The lowest BCUT2D eigenvalue weighted by atomic mass is 10.0. The van der Waals surface area contributed by atoms with Crippen molar-refractivity contribution >= 4 is 10.8 Å². The van der Waals surface area contributed by atoms with Crippen LogP contribution in [-0.2, 0) is 0 Å². The van der Waals surface area contributed by atoms with Gasteiger partial charge < -0.3 is 10.5 Å². The third kappa shape index (κ3) is 2.36. The zero-order chi connectivity index (χ0) is 12.4. The minimum Gasteiger partial charge on any atom is -0.434 e. The summed E-state index contributed by atoms with van der Waals surface area (Å²) in [5.41, 5.74) is 6.34. The Balaban J connectivity index is 2.66. The number of benzene rings is 2. The topological polar surface area (TPSA) is 35.2 Å². The summed E-state index contributed by atoms with van der Waals surface area (Å²) in [6, 6.07) is 10.5. The molecule has 0 radical (unpaired) electrons. The van der Waals surface area contributed by atoms with Gasteiger partial charge in [0.05, 0.1) is 0 Å². The van der Waals surface area contributed by atoms with Gasteiger partial charge in [-0.05, 0) is 12.3 Å². The van der Waals surface area contributed by atoms with Crippen LogP contribution in [0.3, 0.4) is 0 Å². The van der Waals surface area contributed by atoms with Gasteiger partial charge >= 0.3 is 6.61 Å². The van der Waals surface area contributed by atoms with Crippen molar-refractivity contribution in [1.29, 1.82) is 0 Å². The van der Waals surface area contributed by atoms with Crippen LogP contribution in [0.2, 0.25) is 0 Å². The molecule has 90 valence electrons. The van der Waals surface area contributed by atoms with Gasteiger partial charge in [-0.3, -0.25) is 0 Å². The summed E-state index contributed by atoms with van der Waals surface area (Å²) in [5.74, 6) is 0.174. The van der Waals surface area contributed by atoms with Crippen molar-refractivity contribution in [2.24, 2.45) is 5.73 Å². The number of alkyl halides is 2. The lowest BCUT2D eigenvalue weighted by Crippen LogP contribution is -2.11. The van der Waals surface area contributed by atoms with E-state index in [0.717, 1.165) is 5.39 Å². The van der Waals surface area contributed by atoms with Crippen molar-refractivity contribution in [1.82, 2.24) is 0 Å². The molecule has 0 heterocycles. The second-order valence-electron chi connectivity index (χ2n) is 3.87. The van der Waals surface area contributed by atoms with E-state index in [1.807, 2.05) is 18.2 Å². The van der Waals surface area contributed by atoms with Crippen LogP contribution in [0.5, 0.6) is 5.75 Å². The molecular formula is C13H13F2NO. The third-order valence-corrected chi connectivity index (χ3v) is 2.61. The fourth-order valence-electron chi connectivity index (χ4n) is 1.84. The Kier molecular flexibility index (Phi) is 3.24. The van der Waals surface area contributed by atoms with Gasteiger partial charge in [0, 0.05) is 17.0 Å². The SMILES string of the molecule is C[C@@H](N)c1ccc2ccccc2c1OC(F)F. The number of nitrogens with two attached hydrogens (primary N) is 1. The molecule has 2 aromatic carbocycles. The zero-order valence-corrected chi connectivity index (χ0v) is 9.36. The number of fused-ring (bicyclic) bond motifs is 1. The molecular weight excluding hydrogens is 224 g/mol. The van der Waals surface area contributed by atoms with Crippen LogP contribution in [-0.4, -0.2) is 6.61 Å². The average molecular weight is 237 g/mol. The molecule has 2 aromatic rings. The summed E-state index contributed by atoms with van der Waals surface area (Å²) in [7, 11) is 0. The zero-order valence-electron chi connectivity index (χ0n) is 9.36. The maximum atomic E-state index is 12.4. The third-order valence-electron chi connectivity index (χ3n) is 2.61. The van der Waals surface area contributed by atoms with Crippen molar-refractivity contribution in [2.45, 2.75) is 19.6 Å². The highest BCUT2D eigenvalue weighted by Gasteiger charge is 2.15. The molecule has 2 N–H and O–H groups in total. The molecule has 0 amide bonds. The first kappa shape index (κ1) is 11.8. The number of hydrogen-bond acceptors (Lipinski definition) is 2. The first-order valence-electron chi connectivity index (χ1n) is 5.31. The quantitative estimate of drug-likeness (QED) is 0.887. The van der Waals surface area contributed by atoms with E-state index in [-0.39, 0.29) is 11.8 Å². The molecule has 1 atom stereocenters. The van der Waals surface area contributed by atoms with Crippen molar-refractivity contribution in [2.75, 3.05) is 0 Å². The highest BCUT2D eigenvalue weighted by atomic mass is 19.3. The maximum absolute atomic E-state index is 12.4. The van der Waals surface area contributed by atoms with Gasteiger partial charge in [0.1, 0.15) is 5.75 Å². The van der Waals surface area contributed by atoms with Gasteiger partial charge in [0.2, 0.25) is 0 Å². The van der Waals surface area contributed by atoms with Crippen molar-refractivity contribution in [3.8, 4) is 5.75 Å². The molecule has 4 heteroatoms. The van der Waals surface area contributed by atoms with E-state index in [0.29, 0.717) is 10.9 Å². The average Bonchev–Trinajstić information content (AvgIpc) is 2.28. The normalized spacial score (nSPS) is 13.0. The lowest BCUT2D eigenvalue weighted by molar-refractivity contribution is -0.0495. The monoisotopic (exact) mass is 237 g/mol. The molecule has 0 bridgehead atoms. The fraction of sp³-hybridized carbons (Fsp3) is 0.231. The molecule has 0 aliphatic carbocycles. The number of hydrogen-bond donors (Lipinski definition) is 1. The molecule has 0 aliphatic rings. The highest BCUT2D eigenvalue weighted by Crippen LogP contribution is 2.33. The molecule has 2 rings (SSSR count). The first-order valence-corrected chi connectivity index (χ1v) is 5.31. The maximum Gasteiger partial charge on any atom is 0.387 e. The molecule has 0 aromatic heterocycles. The van der Waals surface area contributed by atoms with Crippen LogP contribution in [0, 0.1) is 0 Å². The molecule has 0 saturated heterocycles. The van der Waals surface area contributed by atoms with Gasteiger partial charge in [-0.25, -0.2) is 0 Å². The van der Waals surface area contributed by atoms with Crippen molar-refractivity contribution < 1.29 is 13.5 Å². The number of halogens is 2. The Bertz CT molecular complexity index is 526. The summed E-state index contributed by atoms with van der Waals surface area (Å²) < 4.78 is 29.5. The Morgan fingerprint density at radius 1 is 1.12 bits per heavy atom. The van der Waals surface area contributed by atoms with Crippen LogP contribution in [0.1, 0.15) is 18.5 Å². The van der Waals surface area contributed by atoms with E-state index >= 15 is 0 Å². The van der Waals surface area contributed by atoms with E-state index < -0.39 is 6.61 Å². The second-order valence-corrected chi connectivity index (χ2v) is 3.87. The van der Waals surface area contributed by atoms with E-state index in [9.17, 15) is 8.78 Å². The smallest absolute Gasteiger partial charge is 0.387 e. The summed E-state index contributed by atoms with van der Waals surface area (Å²) in [6.45, 7) is -1.11. The summed E-state index contributed by atoms with van der Waals surface area (Å²) in [6.07, 6.45) is 0. The largest absolute Gasteiger partial charge is 0.434 e. The molecule has 2 nitrogen and oxygen atoms in total. The Morgan fingerprint density at radius 2 is 1.82 bits per heavy atom. The molecule has 0 fully saturated rings. The van der Waals surface area contributed by atoms with Gasteiger partial charge in [0.15, 0.2) is 0 Å². The lowest BCUT2D eigenvalue weighted by Gasteiger charge is -2.15. The molecule has 0 aliphatic heterocycles. The Morgan fingerprint density at radius 3 is 2.47 bits per heavy atom. The van der Waals surface area contributed by atoms with Gasteiger partial charge in [-0.2, -0.15) is 8.78 Å². The molecule has 17 heavy (non-hydrogen) atoms. The summed E-state index contributed by atoms with van der Waals surface area (Å²) >= 11 is 0. The van der Waals surface area contributed by atoms with Crippen molar-refractivity contribution in [3.63, 3.8) is 0 Å². The van der Waals surface area contributed by atoms with Crippen molar-refractivity contribution in [3.05, 3.63) is 42.0 Å². The standard InChI is InChI=1S/C13H13F2NO/c1-8(16)10-7-6-9-4-2-3-5-11(9)12(10)17-13(14)15/h2-8,13H,16H2,1H3/t8-/m1/s1. The summed E-state index contributed by atoms with van der Waals surface area (Å²) in [5, 5.41) is 1.51. The van der Waals surface area contributed by atoms with E-state index in [1.54, 1.807) is 25.1 Å². The van der Waals surface area contributed by atoms with E-state index in [1.165, 1.54) is 0 Å². The van der Waals surface area contributed by atoms with Gasteiger partial charge in [-0.15, -0.1) is 0 Å². The minimum atomic E-state index is -2.85. The highest BCUT2D eigenvalue weighted by molar-refractivity contribution is 5.89. The van der Waals surface area contributed by atoms with E-state index in [2.05, 4.69) is 4.74 Å². The fourth-order valence-corrected chi connectivity index (χ4v) is 1.84. The van der Waals surface area contributed by atoms with Crippen LogP contribution < -0.4 is 10.5 Å².